The summed E-state index contributed by atoms with van der Waals surface area (Å²) in [6.45, 7) is 1.23. The predicted molar refractivity (Wildman–Crippen MR) is 137 cm³/mol. The zero-order valence-corrected chi connectivity index (χ0v) is 19.8. The van der Waals surface area contributed by atoms with Crippen molar-refractivity contribution in [1.82, 2.24) is 19.7 Å². The number of halogens is 1. The Hall–Kier alpha value is -4.21. The quantitative estimate of drug-likeness (QED) is 0.291. The molecule has 0 aliphatic carbocycles. The lowest BCUT2D eigenvalue weighted by Crippen LogP contribution is -2.29. The molecular weight excluding hydrogens is 458 g/mol. The van der Waals surface area contributed by atoms with Crippen molar-refractivity contribution in [3.8, 4) is 17.3 Å². The van der Waals surface area contributed by atoms with Crippen LogP contribution in [0, 0.1) is 11.3 Å². The largest absolute Gasteiger partial charge is 0.334 e. The van der Waals surface area contributed by atoms with Crippen molar-refractivity contribution in [2.75, 3.05) is 6.54 Å². The second-order valence-electron chi connectivity index (χ2n) is 7.95. The molecule has 174 valence electrons. The summed E-state index contributed by atoms with van der Waals surface area (Å²) in [5.74, 6) is -0.179. The Morgan fingerprint density at radius 1 is 1.09 bits per heavy atom. The van der Waals surface area contributed by atoms with Crippen LogP contribution in [0.5, 0.6) is 0 Å². The van der Waals surface area contributed by atoms with Crippen molar-refractivity contribution < 1.29 is 4.79 Å². The molecule has 6 nitrogen and oxygen atoms in total. The van der Waals surface area contributed by atoms with Gasteiger partial charge in [-0.15, -0.1) is 0 Å². The molecule has 1 amide bonds. The predicted octanol–water partition coefficient (Wildman–Crippen LogP) is 5.60. The third-order valence-corrected chi connectivity index (χ3v) is 5.80. The number of amides is 1. The molecule has 2 heterocycles. The van der Waals surface area contributed by atoms with Gasteiger partial charge in [0.15, 0.2) is 0 Å². The Labute approximate surface area is 209 Å². The normalized spacial score (nSPS) is 10.9. The SMILES string of the molecule is N#CCCN(Cc1cccnc1)C(=O)/C=C/c1cn(Cc2ccccc2Cl)nc1-c1ccccc1. The van der Waals surface area contributed by atoms with E-state index < -0.39 is 0 Å². The van der Waals surface area contributed by atoms with Gasteiger partial charge in [0.05, 0.1) is 24.7 Å². The maximum absolute atomic E-state index is 13.1. The minimum Gasteiger partial charge on any atom is -0.334 e. The summed E-state index contributed by atoms with van der Waals surface area (Å²) in [5, 5.41) is 14.5. The van der Waals surface area contributed by atoms with Gasteiger partial charge in [-0.3, -0.25) is 14.5 Å². The van der Waals surface area contributed by atoms with Crippen LogP contribution < -0.4 is 0 Å². The number of pyridine rings is 1. The topological polar surface area (TPSA) is 74.8 Å². The highest BCUT2D eigenvalue weighted by Crippen LogP contribution is 2.25. The Bertz CT molecular complexity index is 1340. The van der Waals surface area contributed by atoms with Crippen molar-refractivity contribution >= 4 is 23.6 Å². The molecule has 2 aromatic carbocycles. The van der Waals surface area contributed by atoms with E-state index in [4.69, 9.17) is 22.0 Å². The smallest absolute Gasteiger partial charge is 0.246 e. The number of nitrogens with zero attached hydrogens (tertiary/aromatic N) is 5. The number of aromatic nitrogens is 3. The van der Waals surface area contributed by atoms with E-state index in [-0.39, 0.29) is 12.3 Å². The summed E-state index contributed by atoms with van der Waals surface area (Å²) in [6, 6.07) is 23.4. The summed E-state index contributed by atoms with van der Waals surface area (Å²) in [7, 11) is 0. The van der Waals surface area contributed by atoms with Crippen molar-refractivity contribution in [3.05, 3.63) is 113 Å². The second kappa shape index (κ2) is 11.8. The van der Waals surface area contributed by atoms with Crippen LogP contribution in [0.3, 0.4) is 0 Å². The molecule has 35 heavy (non-hydrogen) atoms. The first-order valence-electron chi connectivity index (χ1n) is 11.2. The highest BCUT2D eigenvalue weighted by atomic mass is 35.5. The zero-order valence-electron chi connectivity index (χ0n) is 19.1. The number of carbonyl (C=O) groups is 1. The lowest BCUT2D eigenvalue weighted by atomic mass is 10.1. The average molecular weight is 482 g/mol. The van der Waals surface area contributed by atoms with E-state index in [9.17, 15) is 4.79 Å². The molecule has 4 rings (SSSR count). The van der Waals surface area contributed by atoms with E-state index >= 15 is 0 Å². The fourth-order valence-electron chi connectivity index (χ4n) is 3.69. The van der Waals surface area contributed by atoms with Gasteiger partial charge in [0.2, 0.25) is 5.91 Å². The van der Waals surface area contributed by atoms with Crippen LogP contribution in [-0.2, 0) is 17.9 Å². The molecule has 0 saturated carbocycles. The lowest BCUT2D eigenvalue weighted by molar-refractivity contribution is -0.126. The number of rotatable bonds is 9. The monoisotopic (exact) mass is 481 g/mol. The van der Waals surface area contributed by atoms with Gasteiger partial charge in [0.25, 0.3) is 0 Å². The maximum atomic E-state index is 13.1. The van der Waals surface area contributed by atoms with Gasteiger partial charge in [-0.05, 0) is 29.3 Å². The molecule has 0 saturated heterocycles. The Kier molecular flexibility index (Phi) is 8.05. The summed E-state index contributed by atoms with van der Waals surface area (Å²) in [5.41, 5.74) is 4.41. The minimum absolute atomic E-state index is 0.179. The van der Waals surface area contributed by atoms with E-state index in [1.165, 1.54) is 6.08 Å². The summed E-state index contributed by atoms with van der Waals surface area (Å²) in [4.78, 5) is 18.8. The highest BCUT2D eigenvalue weighted by molar-refractivity contribution is 6.31. The Morgan fingerprint density at radius 3 is 2.63 bits per heavy atom. The van der Waals surface area contributed by atoms with Crippen LogP contribution >= 0.6 is 11.6 Å². The third kappa shape index (κ3) is 6.44. The van der Waals surface area contributed by atoms with Crippen molar-refractivity contribution in [2.45, 2.75) is 19.5 Å². The molecule has 4 aromatic rings. The number of carbonyl (C=O) groups excluding carboxylic acids is 1. The number of hydrogen-bond donors (Lipinski definition) is 0. The van der Waals surface area contributed by atoms with Gasteiger partial charge in [-0.1, -0.05) is 66.2 Å². The van der Waals surface area contributed by atoms with Crippen LogP contribution in [0.15, 0.2) is 91.4 Å². The first-order chi connectivity index (χ1) is 17.1. The van der Waals surface area contributed by atoms with E-state index in [1.807, 2.05) is 77.6 Å². The molecule has 0 atom stereocenters. The van der Waals surface area contributed by atoms with Crippen LogP contribution in [-0.4, -0.2) is 32.1 Å². The first-order valence-corrected chi connectivity index (χ1v) is 11.6. The van der Waals surface area contributed by atoms with E-state index in [1.54, 1.807) is 23.4 Å². The van der Waals surface area contributed by atoms with Crippen LogP contribution in [0.2, 0.25) is 5.02 Å². The molecule has 2 aromatic heterocycles. The molecule has 0 N–H and O–H groups in total. The molecule has 0 aliphatic heterocycles. The summed E-state index contributed by atoms with van der Waals surface area (Å²) >= 11 is 6.35. The highest BCUT2D eigenvalue weighted by Gasteiger charge is 2.14. The Balaban J connectivity index is 1.61. The van der Waals surface area contributed by atoms with Gasteiger partial charge >= 0.3 is 0 Å². The van der Waals surface area contributed by atoms with Gasteiger partial charge in [0.1, 0.15) is 0 Å². The molecule has 0 spiro atoms. The van der Waals surface area contributed by atoms with Crippen molar-refractivity contribution in [2.24, 2.45) is 0 Å². The van der Waals surface area contributed by atoms with E-state index in [0.717, 1.165) is 27.9 Å². The average Bonchev–Trinajstić information content (AvgIpc) is 3.30. The fraction of sp³-hybridized carbons (Fsp3) is 0.143. The second-order valence-corrected chi connectivity index (χ2v) is 8.36. The molecule has 0 radical (unpaired) electrons. The minimum atomic E-state index is -0.179. The van der Waals surface area contributed by atoms with Crippen LogP contribution in [0.1, 0.15) is 23.1 Å². The zero-order chi connectivity index (χ0) is 24.5. The molecule has 0 aliphatic rings. The first kappa shape index (κ1) is 23.9. The number of benzene rings is 2. The van der Waals surface area contributed by atoms with Crippen LogP contribution in [0.25, 0.3) is 17.3 Å². The number of hydrogen-bond acceptors (Lipinski definition) is 4. The molecule has 0 unspecified atom stereocenters. The standard InChI is InChI=1S/C28H24ClN5O/c29-26-12-5-4-11-24(26)20-34-21-25(28(32-34)23-9-2-1-3-10-23)13-14-27(35)33(17-7-15-30)19-22-8-6-16-31-18-22/h1-6,8-14,16,18,21H,7,17,19-20H2/b14-13+. The molecule has 7 heteroatoms. The number of nitriles is 1. The fourth-order valence-corrected chi connectivity index (χ4v) is 3.89. The van der Waals surface area contributed by atoms with Gasteiger partial charge in [-0.25, -0.2) is 0 Å². The van der Waals surface area contributed by atoms with E-state index in [2.05, 4.69) is 11.1 Å². The summed E-state index contributed by atoms with van der Waals surface area (Å²) < 4.78 is 1.83. The van der Waals surface area contributed by atoms with Gasteiger partial charge in [-0.2, -0.15) is 10.4 Å². The lowest BCUT2D eigenvalue weighted by Gasteiger charge is -2.19. The molecule has 0 bridgehead atoms. The van der Waals surface area contributed by atoms with Crippen molar-refractivity contribution in [1.29, 1.82) is 5.26 Å². The third-order valence-electron chi connectivity index (χ3n) is 5.43. The van der Waals surface area contributed by atoms with Crippen molar-refractivity contribution in [3.63, 3.8) is 0 Å². The van der Waals surface area contributed by atoms with Crippen LogP contribution in [0.4, 0.5) is 0 Å². The van der Waals surface area contributed by atoms with Gasteiger partial charge in [0, 0.05) is 53.9 Å². The molecular formula is C28H24ClN5O. The maximum Gasteiger partial charge on any atom is 0.246 e. The Morgan fingerprint density at radius 2 is 1.89 bits per heavy atom. The van der Waals surface area contributed by atoms with Gasteiger partial charge < -0.3 is 4.90 Å². The summed E-state index contributed by atoms with van der Waals surface area (Å²) in [6.07, 6.45) is 8.90. The van der Waals surface area contributed by atoms with E-state index in [0.29, 0.717) is 24.7 Å². The molecule has 0 fully saturated rings.